The number of aromatic nitrogens is 3. The maximum absolute atomic E-state index is 12.6. The zero-order valence-electron chi connectivity index (χ0n) is 18.6. The summed E-state index contributed by atoms with van der Waals surface area (Å²) in [4.78, 5) is 17.2. The Balaban J connectivity index is 1.62. The first-order valence-electron chi connectivity index (χ1n) is 10.4. The van der Waals surface area contributed by atoms with Gasteiger partial charge in [-0.1, -0.05) is 60.6 Å². The summed E-state index contributed by atoms with van der Waals surface area (Å²) in [6, 6.07) is 15.6. The first-order chi connectivity index (χ1) is 15.5. The van der Waals surface area contributed by atoms with Crippen LogP contribution in [0.25, 0.3) is 0 Å². The highest BCUT2D eigenvalue weighted by molar-refractivity contribution is 7.99. The third-order valence-electron chi connectivity index (χ3n) is 5.23. The van der Waals surface area contributed by atoms with E-state index in [1.165, 1.54) is 12.7 Å². The van der Waals surface area contributed by atoms with Gasteiger partial charge in [0, 0.05) is 5.70 Å². The molecular formula is C24H26N4O3S. The maximum Gasteiger partial charge on any atom is 0.338 e. The molecule has 1 N–H and O–H groups in total. The van der Waals surface area contributed by atoms with Crippen molar-refractivity contribution in [3.8, 4) is 5.75 Å². The molecule has 32 heavy (non-hydrogen) atoms. The molecule has 7 nitrogen and oxygen atoms in total. The molecule has 1 unspecified atom stereocenters. The molecule has 1 aliphatic heterocycles. The number of ether oxygens (including phenoxy) is 2. The number of carbonyl (C=O) groups is 1. The van der Waals surface area contributed by atoms with Crippen LogP contribution in [0.5, 0.6) is 5.75 Å². The number of rotatable bonds is 7. The predicted octanol–water partition coefficient (Wildman–Crippen LogP) is 4.74. The van der Waals surface area contributed by atoms with Gasteiger partial charge in [-0.2, -0.15) is 4.98 Å². The van der Waals surface area contributed by atoms with Crippen molar-refractivity contribution in [2.75, 3.05) is 18.2 Å². The molecule has 8 heteroatoms. The smallest absolute Gasteiger partial charge is 0.338 e. The minimum absolute atomic E-state index is 0.398. The van der Waals surface area contributed by atoms with E-state index in [0.717, 1.165) is 22.6 Å². The number of allylic oxidation sites excluding steroid dienone is 1. The van der Waals surface area contributed by atoms with Crippen LogP contribution < -0.4 is 10.1 Å². The number of anilines is 1. The fraction of sp³-hybridized carbons (Fsp3) is 0.292. The Hall–Kier alpha value is -3.26. The molecule has 2 heterocycles. The molecule has 0 radical (unpaired) electrons. The molecule has 0 bridgehead atoms. The summed E-state index contributed by atoms with van der Waals surface area (Å²) in [6.07, 6.45) is 0. The lowest BCUT2D eigenvalue weighted by molar-refractivity contribution is -0.136. The fourth-order valence-electron chi connectivity index (χ4n) is 3.60. The first-order valence-corrected chi connectivity index (χ1v) is 11.4. The van der Waals surface area contributed by atoms with E-state index in [-0.39, 0.29) is 0 Å². The quantitative estimate of drug-likeness (QED) is 0.411. The van der Waals surface area contributed by atoms with Gasteiger partial charge < -0.3 is 14.8 Å². The molecule has 1 atom stereocenters. The lowest BCUT2D eigenvalue weighted by atomic mass is 9.96. The summed E-state index contributed by atoms with van der Waals surface area (Å²) in [7, 11) is 1.39. The average molecular weight is 451 g/mol. The summed E-state index contributed by atoms with van der Waals surface area (Å²) >= 11 is 1.55. The molecule has 166 valence electrons. The van der Waals surface area contributed by atoms with E-state index in [9.17, 15) is 4.79 Å². The number of benzene rings is 2. The lowest BCUT2D eigenvalue weighted by Gasteiger charge is -2.27. The van der Waals surface area contributed by atoms with Gasteiger partial charge in [0.05, 0.1) is 12.7 Å². The number of carbonyl (C=O) groups excluding carboxylic acids is 1. The van der Waals surface area contributed by atoms with Crippen molar-refractivity contribution >= 4 is 23.7 Å². The molecule has 1 aliphatic rings. The molecule has 0 amide bonds. The number of esters is 1. The van der Waals surface area contributed by atoms with Crippen molar-refractivity contribution in [2.45, 2.75) is 38.6 Å². The third-order valence-corrected chi connectivity index (χ3v) is 5.95. The van der Waals surface area contributed by atoms with E-state index in [1.54, 1.807) is 16.4 Å². The second-order valence-electron chi connectivity index (χ2n) is 7.50. The lowest BCUT2D eigenvalue weighted by Crippen LogP contribution is -2.29. The average Bonchev–Trinajstić information content (AvgIpc) is 3.20. The molecule has 0 saturated heterocycles. The monoisotopic (exact) mass is 450 g/mol. The highest BCUT2D eigenvalue weighted by Gasteiger charge is 2.34. The minimum atomic E-state index is -0.441. The zero-order chi connectivity index (χ0) is 22.7. The Labute approximate surface area is 191 Å². The maximum atomic E-state index is 12.6. The van der Waals surface area contributed by atoms with Crippen LogP contribution in [0.1, 0.15) is 36.6 Å². The number of methoxy groups -OCH3 is 1. The SMILES string of the molecule is CCSc1nc2n(n1)C(c1ccc(OCc3ccc(C)cc3)cc1)C(C(=O)OC)=C(C)N2. The van der Waals surface area contributed by atoms with Crippen LogP contribution in [-0.4, -0.2) is 33.6 Å². The van der Waals surface area contributed by atoms with Gasteiger partial charge in [-0.05, 0) is 42.9 Å². The van der Waals surface area contributed by atoms with Crippen molar-refractivity contribution in [3.05, 3.63) is 76.5 Å². The Morgan fingerprint density at radius 1 is 1.12 bits per heavy atom. The first kappa shape index (κ1) is 22.0. The minimum Gasteiger partial charge on any atom is -0.489 e. The number of nitrogens with one attached hydrogen (secondary N) is 1. The topological polar surface area (TPSA) is 78.3 Å². The normalized spacial score (nSPS) is 15.2. The van der Waals surface area contributed by atoms with Crippen LogP contribution in [0.3, 0.4) is 0 Å². The van der Waals surface area contributed by atoms with Crippen LogP contribution in [0.4, 0.5) is 5.95 Å². The Morgan fingerprint density at radius 2 is 1.84 bits per heavy atom. The number of hydrogen-bond acceptors (Lipinski definition) is 7. The predicted molar refractivity (Wildman–Crippen MR) is 125 cm³/mol. The summed E-state index contributed by atoms with van der Waals surface area (Å²) in [5, 5.41) is 8.49. The molecule has 4 rings (SSSR count). The van der Waals surface area contributed by atoms with Crippen molar-refractivity contribution in [2.24, 2.45) is 0 Å². The number of nitrogens with zero attached hydrogens (tertiary/aromatic N) is 3. The number of hydrogen-bond donors (Lipinski definition) is 1. The van der Waals surface area contributed by atoms with E-state index in [1.807, 2.05) is 38.1 Å². The Morgan fingerprint density at radius 3 is 2.50 bits per heavy atom. The third kappa shape index (κ3) is 4.50. The van der Waals surface area contributed by atoms with Crippen LogP contribution in [0.15, 0.2) is 65.0 Å². The number of aryl methyl sites for hydroxylation is 1. The van der Waals surface area contributed by atoms with Gasteiger partial charge in [0.15, 0.2) is 0 Å². The van der Waals surface area contributed by atoms with Crippen molar-refractivity contribution in [1.82, 2.24) is 14.8 Å². The van der Waals surface area contributed by atoms with Gasteiger partial charge in [0.1, 0.15) is 18.4 Å². The highest BCUT2D eigenvalue weighted by Crippen LogP contribution is 2.37. The van der Waals surface area contributed by atoms with Crippen LogP contribution in [0, 0.1) is 6.92 Å². The van der Waals surface area contributed by atoms with E-state index in [0.29, 0.717) is 29.0 Å². The van der Waals surface area contributed by atoms with Crippen LogP contribution >= 0.6 is 11.8 Å². The Kier molecular flexibility index (Phi) is 6.50. The number of fused-ring (bicyclic) bond motifs is 1. The molecule has 3 aromatic rings. The highest BCUT2D eigenvalue weighted by atomic mass is 32.2. The summed E-state index contributed by atoms with van der Waals surface area (Å²) in [5.74, 6) is 1.82. The van der Waals surface area contributed by atoms with Gasteiger partial charge in [-0.15, -0.1) is 5.10 Å². The second kappa shape index (κ2) is 9.48. The zero-order valence-corrected chi connectivity index (χ0v) is 19.4. The molecule has 0 saturated carbocycles. The summed E-state index contributed by atoms with van der Waals surface area (Å²) in [6.45, 7) is 6.45. The van der Waals surface area contributed by atoms with Crippen molar-refractivity contribution < 1.29 is 14.3 Å². The van der Waals surface area contributed by atoms with Gasteiger partial charge >= 0.3 is 5.97 Å². The fourth-order valence-corrected chi connectivity index (χ4v) is 4.16. The Bertz CT molecular complexity index is 1140. The van der Waals surface area contributed by atoms with E-state index >= 15 is 0 Å². The molecule has 2 aromatic carbocycles. The largest absolute Gasteiger partial charge is 0.489 e. The number of thioether (sulfide) groups is 1. The molecule has 1 aromatic heterocycles. The standard InChI is InChI=1S/C24H26N4O3S/c1-5-32-24-26-23-25-16(3)20(22(29)30-4)21(28(23)27-24)18-10-12-19(13-11-18)31-14-17-8-6-15(2)7-9-17/h6-13,21H,5,14H2,1-4H3,(H,25,26,27). The van der Waals surface area contributed by atoms with Crippen LogP contribution in [0.2, 0.25) is 0 Å². The van der Waals surface area contributed by atoms with Crippen molar-refractivity contribution in [1.29, 1.82) is 0 Å². The van der Waals surface area contributed by atoms with E-state index < -0.39 is 12.0 Å². The van der Waals surface area contributed by atoms with Crippen LogP contribution in [-0.2, 0) is 16.1 Å². The summed E-state index contributed by atoms with van der Waals surface area (Å²) < 4.78 is 12.8. The molecular weight excluding hydrogens is 424 g/mol. The molecule has 0 spiro atoms. The molecule has 0 fully saturated rings. The molecule has 0 aliphatic carbocycles. The van der Waals surface area contributed by atoms with E-state index in [4.69, 9.17) is 9.47 Å². The summed E-state index contributed by atoms with van der Waals surface area (Å²) in [5.41, 5.74) is 4.43. The van der Waals surface area contributed by atoms with Crippen molar-refractivity contribution in [3.63, 3.8) is 0 Å². The second-order valence-corrected chi connectivity index (χ2v) is 8.73. The van der Waals surface area contributed by atoms with Gasteiger partial charge in [-0.3, -0.25) is 0 Å². The van der Waals surface area contributed by atoms with Gasteiger partial charge in [0.25, 0.3) is 0 Å². The van der Waals surface area contributed by atoms with Gasteiger partial charge in [-0.25, -0.2) is 9.48 Å². The van der Waals surface area contributed by atoms with Gasteiger partial charge in [0.2, 0.25) is 11.1 Å². The van der Waals surface area contributed by atoms with E-state index in [2.05, 4.69) is 46.6 Å².